The lowest BCUT2D eigenvalue weighted by Crippen LogP contribution is -2.27. The largest absolute Gasteiger partial charge is 0.497 e. The number of nitrogen functional groups attached to an aromatic ring is 1. The summed E-state index contributed by atoms with van der Waals surface area (Å²) in [5, 5.41) is 38.5. The van der Waals surface area contributed by atoms with Gasteiger partial charge in [0.05, 0.1) is 62.2 Å². The lowest BCUT2D eigenvalue weighted by atomic mass is 10.3. The highest BCUT2D eigenvalue weighted by Crippen LogP contribution is 2.30. The summed E-state index contributed by atoms with van der Waals surface area (Å²) in [5.41, 5.74) is 4.50. The van der Waals surface area contributed by atoms with E-state index in [0.717, 1.165) is 24.3 Å². The molecule has 0 unspecified atom stereocenters. The number of nitro groups is 2. The van der Waals surface area contributed by atoms with Gasteiger partial charge in [0.1, 0.15) is 22.1 Å². The molecule has 24 heteroatoms. The standard InChI is InChI=1S/C9H12N2O6S.C9H14N2O4S.C7H6ClNO5S/c1-17-7-2-3-9(8(6-7)11(13)14)18(15,16)10-4-5-12;1-15-7-2-3-9(8(10)6-7)16(13,14)11-4-5-12;1-14-5-2-3-7(15(8,12)13)6(4-5)9(10)11/h2-3,6,10,12H,4-5H2,1H3;2-3,6,11-12H,4-5,10H2,1H3;2-4H,1H3. The highest BCUT2D eigenvalue weighted by molar-refractivity contribution is 8.13. The minimum atomic E-state index is -4.13. The first kappa shape index (κ1) is 42.7. The minimum absolute atomic E-state index is 0.0262. The van der Waals surface area contributed by atoms with Gasteiger partial charge in [-0.3, -0.25) is 20.2 Å². The van der Waals surface area contributed by atoms with Crippen LogP contribution in [0.5, 0.6) is 17.2 Å². The van der Waals surface area contributed by atoms with Crippen molar-refractivity contribution in [1.82, 2.24) is 9.44 Å². The second-order valence-electron chi connectivity index (χ2n) is 8.77. The van der Waals surface area contributed by atoms with Gasteiger partial charge in [-0.2, -0.15) is 0 Å². The third kappa shape index (κ3) is 12.9. The molecule has 0 saturated carbocycles. The van der Waals surface area contributed by atoms with Crippen molar-refractivity contribution in [2.45, 2.75) is 14.7 Å². The van der Waals surface area contributed by atoms with Crippen LogP contribution in [0.2, 0.25) is 0 Å². The Hall–Kier alpha value is -4.36. The highest BCUT2D eigenvalue weighted by atomic mass is 35.7. The molecule has 0 aromatic heterocycles. The molecule has 272 valence electrons. The molecule has 0 heterocycles. The lowest BCUT2D eigenvalue weighted by molar-refractivity contribution is -0.388. The Morgan fingerprint density at radius 1 is 0.673 bits per heavy atom. The first-order valence-corrected chi connectivity index (χ1v) is 18.3. The molecule has 3 aromatic rings. The molecule has 0 aliphatic carbocycles. The Morgan fingerprint density at radius 2 is 1.02 bits per heavy atom. The zero-order chi connectivity index (χ0) is 37.6. The van der Waals surface area contributed by atoms with Crippen LogP contribution < -0.4 is 29.4 Å². The fourth-order valence-corrected chi connectivity index (χ4v) is 6.69. The molecule has 3 aromatic carbocycles. The number of sulfonamides is 2. The number of aliphatic hydroxyl groups is 2. The molecule has 0 saturated heterocycles. The van der Waals surface area contributed by atoms with Gasteiger partial charge in [-0.15, -0.1) is 0 Å². The number of rotatable bonds is 14. The number of benzene rings is 3. The molecule has 0 aliphatic heterocycles. The van der Waals surface area contributed by atoms with Crippen molar-refractivity contribution in [2.75, 3.05) is 53.4 Å². The van der Waals surface area contributed by atoms with E-state index >= 15 is 0 Å². The Morgan fingerprint density at radius 3 is 1.37 bits per heavy atom. The number of halogens is 1. The van der Waals surface area contributed by atoms with Crippen LogP contribution >= 0.6 is 10.7 Å². The fourth-order valence-electron chi connectivity index (χ4n) is 3.38. The van der Waals surface area contributed by atoms with Crippen LogP contribution in [0.25, 0.3) is 0 Å². The molecule has 6 N–H and O–H groups in total. The predicted octanol–water partition coefficient (Wildman–Crippen LogP) is 0.953. The van der Waals surface area contributed by atoms with Crippen molar-refractivity contribution in [1.29, 1.82) is 0 Å². The second-order valence-corrected chi connectivity index (χ2v) is 14.8. The number of anilines is 1. The summed E-state index contributed by atoms with van der Waals surface area (Å²) >= 11 is 0. The Bertz CT molecular complexity index is 1940. The van der Waals surface area contributed by atoms with Gasteiger partial charge >= 0.3 is 0 Å². The van der Waals surface area contributed by atoms with Crippen molar-refractivity contribution >= 4 is 56.8 Å². The van der Waals surface area contributed by atoms with E-state index in [4.69, 9.17) is 40.8 Å². The molecule has 0 amide bonds. The number of hydrogen-bond donors (Lipinski definition) is 5. The summed E-state index contributed by atoms with van der Waals surface area (Å²) in [4.78, 5) is 18.7. The average Bonchev–Trinajstić information content (AvgIpc) is 3.05. The van der Waals surface area contributed by atoms with E-state index in [1.807, 2.05) is 4.72 Å². The van der Waals surface area contributed by atoms with Gasteiger partial charge in [-0.25, -0.2) is 34.7 Å². The van der Waals surface area contributed by atoms with Gasteiger partial charge in [0, 0.05) is 29.8 Å². The smallest absolute Gasteiger partial charge is 0.293 e. The number of aliphatic hydroxyl groups excluding tert-OH is 2. The molecule has 0 aliphatic rings. The molecule has 49 heavy (non-hydrogen) atoms. The topological polar surface area (TPSA) is 307 Å². The number of nitrogens with two attached hydrogens (primary N) is 1. The molecule has 20 nitrogen and oxygen atoms in total. The van der Waals surface area contributed by atoms with Gasteiger partial charge in [-0.05, 0) is 36.4 Å². The summed E-state index contributed by atoms with van der Waals surface area (Å²) in [6.45, 7) is -0.933. The zero-order valence-electron chi connectivity index (χ0n) is 25.8. The molecule has 0 atom stereocenters. The van der Waals surface area contributed by atoms with Gasteiger partial charge in [0.15, 0.2) is 9.79 Å². The normalized spacial score (nSPS) is 11.2. The Labute approximate surface area is 285 Å². The number of methoxy groups -OCH3 is 3. The van der Waals surface area contributed by atoms with Crippen molar-refractivity contribution in [3.8, 4) is 17.2 Å². The van der Waals surface area contributed by atoms with E-state index in [1.54, 1.807) is 0 Å². The monoisotopic (exact) mass is 773 g/mol. The molecule has 3 rings (SSSR count). The second kappa shape index (κ2) is 19.0. The average molecular weight is 774 g/mol. The number of hydrogen-bond acceptors (Lipinski definition) is 16. The van der Waals surface area contributed by atoms with Crippen LogP contribution in [0.3, 0.4) is 0 Å². The summed E-state index contributed by atoms with van der Waals surface area (Å²) < 4.78 is 87.5. The molecule has 0 fully saturated rings. The van der Waals surface area contributed by atoms with E-state index < -0.39 is 66.7 Å². The van der Waals surface area contributed by atoms with E-state index in [-0.39, 0.29) is 41.8 Å². The van der Waals surface area contributed by atoms with Crippen molar-refractivity contribution in [3.63, 3.8) is 0 Å². The summed E-state index contributed by atoms with van der Waals surface area (Å²) in [5.74, 6) is 0.854. The quantitative estimate of drug-likeness (QED) is 0.0659. The van der Waals surface area contributed by atoms with Crippen LogP contribution in [-0.4, -0.2) is 92.9 Å². The molecular weight excluding hydrogens is 742 g/mol. The summed E-state index contributed by atoms with van der Waals surface area (Å²) in [6.07, 6.45) is 0. The van der Waals surface area contributed by atoms with Crippen molar-refractivity contribution in [3.05, 3.63) is 74.8 Å². The van der Waals surface area contributed by atoms with Crippen molar-refractivity contribution in [2.24, 2.45) is 0 Å². The van der Waals surface area contributed by atoms with E-state index in [2.05, 4.69) is 4.72 Å². The van der Waals surface area contributed by atoms with E-state index in [0.29, 0.717) is 5.75 Å². The first-order valence-electron chi connectivity index (χ1n) is 13.0. The van der Waals surface area contributed by atoms with Gasteiger partial charge in [0.2, 0.25) is 20.0 Å². The highest BCUT2D eigenvalue weighted by Gasteiger charge is 2.26. The van der Waals surface area contributed by atoms with Crippen LogP contribution in [0, 0.1) is 20.2 Å². The molecular formula is C25H32ClN5O15S3. The van der Waals surface area contributed by atoms with Crippen LogP contribution in [0.1, 0.15) is 0 Å². The van der Waals surface area contributed by atoms with E-state index in [1.165, 1.54) is 51.7 Å². The van der Waals surface area contributed by atoms with Crippen molar-refractivity contribution < 1.29 is 59.5 Å². The number of nitrogens with zero attached hydrogens (tertiary/aromatic N) is 2. The predicted molar refractivity (Wildman–Crippen MR) is 174 cm³/mol. The zero-order valence-corrected chi connectivity index (χ0v) is 29.0. The summed E-state index contributed by atoms with van der Waals surface area (Å²) in [6, 6.07) is 11.0. The SMILES string of the molecule is COc1ccc(S(=O)(=O)Cl)c([N+](=O)[O-])c1.COc1ccc(S(=O)(=O)NCCO)c(N)c1.COc1ccc(S(=O)(=O)NCCO)c([N+](=O)[O-])c1. The van der Waals surface area contributed by atoms with Crippen LogP contribution in [0.15, 0.2) is 69.3 Å². The van der Waals surface area contributed by atoms with E-state index in [9.17, 15) is 45.5 Å². The maximum Gasteiger partial charge on any atom is 0.293 e. The third-order valence-electron chi connectivity index (χ3n) is 5.59. The summed E-state index contributed by atoms with van der Waals surface area (Å²) in [7, 11) is -2.70. The molecule has 0 bridgehead atoms. The van der Waals surface area contributed by atoms with Crippen LogP contribution in [-0.2, 0) is 29.1 Å². The molecule has 0 spiro atoms. The lowest BCUT2D eigenvalue weighted by Gasteiger charge is -2.09. The molecule has 0 radical (unpaired) electrons. The number of ether oxygens (including phenoxy) is 3. The van der Waals surface area contributed by atoms with Gasteiger partial charge in [0.25, 0.3) is 20.4 Å². The Balaban J connectivity index is 0.000000369. The third-order valence-corrected chi connectivity index (χ3v) is 10.0. The minimum Gasteiger partial charge on any atom is -0.497 e. The number of nitro benzene ring substituents is 2. The maximum absolute atomic E-state index is 11.7. The van der Waals surface area contributed by atoms with Crippen LogP contribution in [0.4, 0.5) is 17.1 Å². The van der Waals surface area contributed by atoms with Gasteiger partial charge in [-0.1, -0.05) is 0 Å². The number of nitrogens with one attached hydrogen (secondary N) is 2. The maximum atomic E-state index is 11.7. The van der Waals surface area contributed by atoms with Gasteiger partial charge < -0.3 is 30.2 Å². The Kier molecular flexibility index (Phi) is 16.5. The first-order chi connectivity index (χ1) is 22.8. The fraction of sp³-hybridized carbons (Fsp3) is 0.280.